The summed E-state index contributed by atoms with van der Waals surface area (Å²) in [5, 5.41) is 0. The van der Waals surface area contributed by atoms with Gasteiger partial charge in [-0.3, -0.25) is 9.59 Å². The van der Waals surface area contributed by atoms with E-state index in [0.29, 0.717) is 17.3 Å². The van der Waals surface area contributed by atoms with Gasteiger partial charge in [0.05, 0.1) is 5.92 Å². The molecule has 1 heterocycles. The van der Waals surface area contributed by atoms with Crippen LogP contribution in [0.5, 0.6) is 0 Å². The van der Waals surface area contributed by atoms with E-state index in [4.69, 9.17) is 5.73 Å². The fourth-order valence-corrected chi connectivity index (χ4v) is 7.92. The average molecular weight is 383 g/mol. The molecule has 2 amide bonds. The third-order valence-electron chi connectivity index (χ3n) is 6.81. The van der Waals surface area contributed by atoms with Gasteiger partial charge < -0.3 is 10.6 Å². The van der Waals surface area contributed by atoms with Crippen LogP contribution in [0, 0.1) is 23.2 Å². The molecule has 3 atom stereocenters. The van der Waals surface area contributed by atoms with Crippen molar-refractivity contribution in [2.24, 2.45) is 28.9 Å². The number of carbonyl (C=O) groups excluding carboxylic acids is 2. The molecule has 4 saturated carbocycles. The number of rotatable bonds is 3. The maximum absolute atomic E-state index is 12.9. The molecule has 0 aromatic rings. The van der Waals surface area contributed by atoms with Crippen molar-refractivity contribution in [1.29, 1.82) is 0 Å². The summed E-state index contributed by atoms with van der Waals surface area (Å²) in [6.45, 7) is 1.33. The normalized spacial score (nSPS) is 45.3. The van der Waals surface area contributed by atoms with Gasteiger partial charge in [0.2, 0.25) is 11.8 Å². The van der Waals surface area contributed by atoms with E-state index >= 15 is 0 Å². The van der Waals surface area contributed by atoms with Crippen molar-refractivity contribution in [2.75, 3.05) is 13.1 Å². The number of alkyl halides is 1. The van der Waals surface area contributed by atoms with E-state index < -0.39 is 0 Å². The van der Waals surface area contributed by atoms with Crippen LogP contribution < -0.4 is 5.73 Å². The topological polar surface area (TPSA) is 63.4 Å². The SMILES string of the molecule is NC(=O)[C@@H]1CCCN(C(=O)CC23C[C@H]4C[C@@H](CC(Br)(C4)C2)C3)C1. The molecule has 4 nitrogen and oxygen atoms in total. The number of nitrogens with two attached hydrogens (primary N) is 1. The first-order valence-corrected chi connectivity index (χ1v) is 9.92. The molecule has 5 fully saturated rings. The predicted molar refractivity (Wildman–Crippen MR) is 91.9 cm³/mol. The quantitative estimate of drug-likeness (QED) is 0.762. The molecule has 128 valence electrons. The van der Waals surface area contributed by atoms with Crippen LogP contribution in [0.1, 0.15) is 57.8 Å². The van der Waals surface area contributed by atoms with Crippen LogP contribution in [-0.4, -0.2) is 34.1 Å². The molecule has 0 unspecified atom stereocenters. The second kappa shape index (κ2) is 5.47. The van der Waals surface area contributed by atoms with Gasteiger partial charge in [0.25, 0.3) is 0 Å². The summed E-state index contributed by atoms with van der Waals surface area (Å²) in [4.78, 5) is 26.3. The van der Waals surface area contributed by atoms with Crippen LogP contribution in [0.15, 0.2) is 0 Å². The fraction of sp³-hybridized carbons (Fsp3) is 0.889. The number of primary amides is 1. The molecule has 23 heavy (non-hydrogen) atoms. The Morgan fingerprint density at radius 2 is 1.87 bits per heavy atom. The summed E-state index contributed by atoms with van der Waals surface area (Å²) in [6, 6.07) is 0. The highest BCUT2D eigenvalue weighted by Gasteiger charge is 2.57. The van der Waals surface area contributed by atoms with Crippen LogP contribution in [0.25, 0.3) is 0 Å². The van der Waals surface area contributed by atoms with E-state index in [9.17, 15) is 9.59 Å². The minimum absolute atomic E-state index is 0.147. The first-order chi connectivity index (χ1) is 10.9. The van der Waals surface area contributed by atoms with Crippen LogP contribution in [0.2, 0.25) is 0 Å². The lowest BCUT2D eigenvalue weighted by Gasteiger charge is -2.60. The van der Waals surface area contributed by atoms with Gasteiger partial charge in [0.1, 0.15) is 0 Å². The highest BCUT2D eigenvalue weighted by Crippen LogP contribution is 2.65. The molecular formula is C18H27BrN2O2. The van der Waals surface area contributed by atoms with E-state index in [1.54, 1.807) is 0 Å². The molecule has 1 saturated heterocycles. The second-order valence-corrected chi connectivity index (χ2v) is 10.6. The van der Waals surface area contributed by atoms with Crippen molar-refractivity contribution in [2.45, 2.75) is 62.1 Å². The average Bonchev–Trinajstić information content (AvgIpc) is 2.44. The van der Waals surface area contributed by atoms with Gasteiger partial charge in [-0.1, -0.05) is 15.9 Å². The molecule has 0 aromatic heterocycles. The van der Waals surface area contributed by atoms with Crippen molar-refractivity contribution in [1.82, 2.24) is 4.90 Å². The third kappa shape index (κ3) is 2.94. The van der Waals surface area contributed by atoms with Crippen molar-refractivity contribution in [3.05, 3.63) is 0 Å². The number of piperidine rings is 1. The Morgan fingerprint density at radius 3 is 2.48 bits per heavy atom. The summed E-state index contributed by atoms with van der Waals surface area (Å²) in [5.41, 5.74) is 5.66. The number of hydrogen-bond acceptors (Lipinski definition) is 2. The summed E-state index contributed by atoms with van der Waals surface area (Å²) < 4.78 is 0.301. The molecular weight excluding hydrogens is 356 g/mol. The molecule has 0 aromatic carbocycles. The minimum atomic E-state index is -0.253. The largest absolute Gasteiger partial charge is 0.369 e. The second-order valence-electron chi connectivity index (χ2n) is 8.87. The Balaban J connectivity index is 1.45. The number of hydrogen-bond donors (Lipinski definition) is 1. The lowest BCUT2D eigenvalue weighted by atomic mass is 9.48. The maximum Gasteiger partial charge on any atom is 0.223 e. The van der Waals surface area contributed by atoms with Gasteiger partial charge in [-0.15, -0.1) is 0 Å². The molecule has 5 heteroatoms. The maximum atomic E-state index is 12.9. The van der Waals surface area contributed by atoms with Gasteiger partial charge in [0.15, 0.2) is 0 Å². The molecule has 0 spiro atoms. The standard InChI is InChI=1S/C18H27BrN2O2/c19-18-7-12-4-13(8-18)6-17(5-12,11-18)9-15(22)21-3-1-2-14(10-21)16(20)23/h12-14H,1-11H2,(H2,20,23)/t12-,13-,14-,17?,18?/m1/s1. The van der Waals surface area contributed by atoms with Crippen molar-refractivity contribution in [3.63, 3.8) is 0 Å². The molecule has 0 radical (unpaired) electrons. The van der Waals surface area contributed by atoms with Gasteiger partial charge in [0, 0.05) is 23.8 Å². The van der Waals surface area contributed by atoms with Gasteiger partial charge >= 0.3 is 0 Å². The van der Waals surface area contributed by atoms with E-state index in [2.05, 4.69) is 15.9 Å². The first-order valence-electron chi connectivity index (χ1n) is 9.13. The summed E-state index contributed by atoms with van der Waals surface area (Å²) in [5.74, 6) is 1.48. The lowest BCUT2D eigenvalue weighted by molar-refractivity contribution is -0.141. The monoisotopic (exact) mass is 382 g/mol. The third-order valence-corrected chi connectivity index (χ3v) is 7.74. The van der Waals surface area contributed by atoms with Crippen molar-refractivity contribution >= 4 is 27.7 Å². The number of halogens is 1. The van der Waals surface area contributed by atoms with Crippen molar-refractivity contribution in [3.8, 4) is 0 Å². The minimum Gasteiger partial charge on any atom is -0.369 e. The van der Waals surface area contributed by atoms with Crippen LogP contribution in [0.3, 0.4) is 0 Å². The predicted octanol–water partition coefficient (Wildman–Crippen LogP) is 2.83. The molecule has 5 aliphatic rings. The zero-order valence-electron chi connectivity index (χ0n) is 13.7. The van der Waals surface area contributed by atoms with E-state index in [0.717, 1.165) is 37.6 Å². The van der Waals surface area contributed by atoms with Crippen LogP contribution in [-0.2, 0) is 9.59 Å². The Hall–Kier alpha value is -0.580. The van der Waals surface area contributed by atoms with E-state index in [1.807, 2.05) is 4.90 Å². The van der Waals surface area contributed by atoms with Gasteiger partial charge in [-0.05, 0) is 68.6 Å². The lowest BCUT2D eigenvalue weighted by Crippen LogP contribution is -2.54. The molecule has 4 aliphatic carbocycles. The van der Waals surface area contributed by atoms with Gasteiger partial charge in [-0.25, -0.2) is 0 Å². The smallest absolute Gasteiger partial charge is 0.223 e. The number of amides is 2. The number of carbonyl (C=O) groups is 2. The number of likely N-dealkylation sites (tertiary alicyclic amines) is 1. The van der Waals surface area contributed by atoms with E-state index in [1.165, 1.54) is 32.1 Å². The van der Waals surface area contributed by atoms with E-state index in [-0.39, 0.29) is 23.1 Å². The van der Waals surface area contributed by atoms with Crippen LogP contribution >= 0.6 is 15.9 Å². The highest BCUT2D eigenvalue weighted by atomic mass is 79.9. The Kier molecular flexibility index (Phi) is 3.78. The molecule has 4 bridgehead atoms. The Labute approximate surface area is 146 Å². The summed E-state index contributed by atoms with van der Waals surface area (Å²) >= 11 is 4.02. The first kappa shape index (κ1) is 15.9. The molecule has 5 rings (SSSR count). The number of nitrogens with zero attached hydrogens (tertiary/aromatic N) is 1. The zero-order chi connectivity index (χ0) is 16.2. The Morgan fingerprint density at radius 1 is 1.17 bits per heavy atom. The Bertz CT molecular complexity index is 521. The fourth-order valence-electron chi connectivity index (χ4n) is 6.41. The van der Waals surface area contributed by atoms with Gasteiger partial charge in [-0.2, -0.15) is 0 Å². The molecule has 1 aliphatic heterocycles. The summed E-state index contributed by atoms with van der Waals surface area (Å²) in [6.07, 6.45) is 10.0. The zero-order valence-corrected chi connectivity index (χ0v) is 15.3. The van der Waals surface area contributed by atoms with Crippen LogP contribution in [0.4, 0.5) is 0 Å². The summed E-state index contributed by atoms with van der Waals surface area (Å²) in [7, 11) is 0. The van der Waals surface area contributed by atoms with Crippen molar-refractivity contribution < 1.29 is 9.59 Å². The highest BCUT2D eigenvalue weighted by molar-refractivity contribution is 9.10. The molecule has 2 N–H and O–H groups in total.